The summed E-state index contributed by atoms with van der Waals surface area (Å²) in [5.41, 5.74) is 0.578. The smallest absolute Gasteiger partial charge is 0.289 e. The number of nitro groups is 1. The van der Waals surface area contributed by atoms with E-state index in [1.807, 2.05) is 6.07 Å². The molecule has 0 amide bonds. The highest BCUT2D eigenvalue weighted by atomic mass is 16.6. The van der Waals surface area contributed by atoms with Crippen molar-refractivity contribution in [1.29, 1.82) is 5.26 Å². The first-order chi connectivity index (χ1) is 9.01. The molecule has 1 N–H and O–H groups in total. The quantitative estimate of drug-likeness (QED) is 0.623. The van der Waals surface area contributed by atoms with E-state index >= 15 is 0 Å². The van der Waals surface area contributed by atoms with Gasteiger partial charge in [0.25, 0.3) is 5.69 Å². The number of rotatable bonds is 6. The lowest BCUT2D eigenvalue weighted by atomic mass is 9.89. The molecule has 0 aliphatic rings. The van der Waals surface area contributed by atoms with E-state index < -0.39 is 4.92 Å². The maximum atomic E-state index is 10.9. The average Bonchev–Trinajstić information content (AvgIpc) is 2.44. The lowest BCUT2D eigenvalue weighted by Crippen LogP contribution is -2.36. The van der Waals surface area contributed by atoms with Crippen LogP contribution in [0.5, 0.6) is 0 Å². The molecule has 0 heterocycles. The largest absolute Gasteiger partial charge is 0.379 e. The van der Waals surface area contributed by atoms with Gasteiger partial charge in [-0.2, -0.15) is 5.26 Å². The molecule has 102 valence electrons. The van der Waals surface area contributed by atoms with E-state index in [1.165, 1.54) is 12.1 Å². The molecule has 0 saturated carbocycles. The number of anilines is 1. The molecule has 0 atom stereocenters. The predicted molar refractivity (Wildman–Crippen MR) is 75.0 cm³/mol. The third-order valence-corrected chi connectivity index (χ3v) is 3.75. The first-order valence-electron chi connectivity index (χ1n) is 6.48. The second-order valence-corrected chi connectivity index (χ2v) is 4.57. The molecule has 5 nitrogen and oxygen atoms in total. The number of nitriles is 1. The molecule has 0 aliphatic carbocycles. The minimum Gasteiger partial charge on any atom is -0.379 e. The Morgan fingerprint density at radius 2 is 1.89 bits per heavy atom. The highest BCUT2D eigenvalue weighted by Crippen LogP contribution is 2.29. The van der Waals surface area contributed by atoms with Crippen molar-refractivity contribution < 1.29 is 4.92 Å². The van der Waals surface area contributed by atoms with E-state index in [1.54, 1.807) is 6.07 Å². The van der Waals surface area contributed by atoms with Crippen LogP contribution in [0.15, 0.2) is 18.2 Å². The van der Waals surface area contributed by atoms with Crippen molar-refractivity contribution in [2.24, 2.45) is 0 Å². The van der Waals surface area contributed by atoms with Crippen molar-refractivity contribution in [2.45, 2.75) is 45.6 Å². The van der Waals surface area contributed by atoms with Crippen molar-refractivity contribution in [3.8, 4) is 6.07 Å². The molecule has 1 aromatic rings. The molecular formula is C14H19N3O2. The molecule has 0 unspecified atom stereocenters. The molecule has 0 aromatic heterocycles. The van der Waals surface area contributed by atoms with Crippen LogP contribution in [0.1, 0.15) is 45.6 Å². The van der Waals surface area contributed by atoms with Gasteiger partial charge in [-0.1, -0.05) is 20.8 Å². The van der Waals surface area contributed by atoms with Crippen molar-refractivity contribution in [2.75, 3.05) is 5.32 Å². The fourth-order valence-corrected chi connectivity index (χ4v) is 2.18. The number of benzene rings is 1. The summed E-state index contributed by atoms with van der Waals surface area (Å²) >= 11 is 0. The third-order valence-electron chi connectivity index (χ3n) is 3.75. The maximum Gasteiger partial charge on any atom is 0.289 e. The van der Waals surface area contributed by atoms with Gasteiger partial charge in [-0.05, 0) is 31.4 Å². The lowest BCUT2D eigenvalue weighted by Gasteiger charge is -2.33. The van der Waals surface area contributed by atoms with E-state index in [4.69, 9.17) is 5.26 Å². The Balaban J connectivity index is 3.13. The summed E-state index contributed by atoms with van der Waals surface area (Å²) in [7, 11) is 0. The zero-order valence-corrected chi connectivity index (χ0v) is 11.6. The average molecular weight is 261 g/mol. The van der Waals surface area contributed by atoms with Crippen molar-refractivity contribution in [1.82, 2.24) is 0 Å². The zero-order chi connectivity index (χ0) is 14.5. The first-order valence-corrected chi connectivity index (χ1v) is 6.48. The Morgan fingerprint density at radius 3 is 2.32 bits per heavy atom. The van der Waals surface area contributed by atoms with Gasteiger partial charge in [0.2, 0.25) is 0 Å². The van der Waals surface area contributed by atoms with Crippen LogP contribution >= 0.6 is 0 Å². The summed E-state index contributed by atoms with van der Waals surface area (Å²) in [5, 5.41) is 23.2. The summed E-state index contributed by atoms with van der Waals surface area (Å²) in [6, 6.07) is 6.49. The normalized spacial score (nSPS) is 10.8. The molecular weight excluding hydrogens is 242 g/mol. The molecule has 0 radical (unpaired) electrons. The van der Waals surface area contributed by atoms with E-state index in [9.17, 15) is 10.1 Å². The third kappa shape index (κ3) is 3.22. The standard InChI is InChI=1S/C14H19N3O2/c1-4-14(5-2,6-3)16-12-8-7-11(10-15)13(9-12)17(18)19/h7-9,16H,4-6H2,1-3H3. The van der Waals surface area contributed by atoms with E-state index in [0.717, 1.165) is 19.3 Å². The van der Waals surface area contributed by atoms with Crippen molar-refractivity contribution in [3.05, 3.63) is 33.9 Å². The van der Waals surface area contributed by atoms with Crippen LogP contribution in [0.4, 0.5) is 11.4 Å². The number of nitrogens with zero attached hydrogens (tertiary/aromatic N) is 2. The molecule has 0 aliphatic heterocycles. The molecule has 0 bridgehead atoms. The number of nitro benzene ring substituents is 1. The van der Waals surface area contributed by atoms with Gasteiger partial charge >= 0.3 is 0 Å². The van der Waals surface area contributed by atoms with E-state index in [0.29, 0.717) is 5.69 Å². The van der Waals surface area contributed by atoms with Crippen LogP contribution in [0.2, 0.25) is 0 Å². The molecule has 0 spiro atoms. The number of hydrogen-bond donors (Lipinski definition) is 1. The van der Waals surface area contributed by atoms with Crippen molar-refractivity contribution >= 4 is 11.4 Å². The first kappa shape index (κ1) is 15.0. The zero-order valence-electron chi connectivity index (χ0n) is 11.6. The summed E-state index contributed by atoms with van der Waals surface area (Å²) in [5.74, 6) is 0. The summed E-state index contributed by atoms with van der Waals surface area (Å²) in [4.78, 5) is 10.4. The van der Waals surface area contributed by atoms with Gasteiger partial charge in [0, 0.05) is 17.3 Å². The van der Waals surface area contributed by atoms with Gasteiger partial charge in [-0.25, -0.2) is 0 Å². The Morgan fingerprint density at radius 1 is 1.32 bits per heavy atom. The molecule has 0 saturated heterocycles. The molecule has 0 fully saturated rings. The summed E-state index contributed by atoms with van der Waals surface area (Å²) < 4.78 is 0. The summed E-state index contributed by atoms with van der Waals surface area (Å²) in [6.45, 7) is 6.29. The Kier molecular flexibility index (Phi) is 4.87. The van der Waals surface area contributed by atoms with Gasteiger partial charge in [0.05, 0.1) is 4.92 Å². The van der Waals surface area contributed by atoms with Gasteiger partial charge in [0.1, 0.15) is 11.6 Å². The molecule has 5 heteroatoms. The minimum absolute atomic E-state index is 0.0535. The highest BCUT2D eigenvalue weighted by molar-refractivity contribution is 5.59. The molecule has 1 rings (SSSR count). The van der Waals surface area contributed by atoms with Crippen LogP contribution in [0.3, 0.4) is 0 Å². The SMILES string of the molecule is CCC(CC)(CC)Nc1ccc(C#N)c([N+](=O)[O-])c1. The Hall–Kier alpha value is -2.09. The maximum absolute atomic E-state index is 10.9. The second kappa shape index (κ2) is 6.19. The minimum atomic E-state index is -0.519. The topological polar surface area (TPSA) is 79.0 Å². The van der Waals surface area contributed by atoms with Crippen LogP contribution in [0.25, 0.3) is 0 Å². The van der Waals surface area contributed by atoms with Gasteiger partial charge in [-0.3, -0.25) is 10.1 Å². The van der Waals surface area contributed by atoms with Gasteiger partial charge in [0.15, 0.2) is 0 Å². The predicted octanol–water partition coefficient (Wildman–Crippen LogP) is 3.85. The van der Waals surface area contributed by atoms with Crippen molar-refractivity contribution in [3.63, 3.8) is 0 Å². The van der Waals surface area contributed by atoms with Gasteiger partial charge < -0.3 is 5.32 Å². The van der Waals surface area contributed by atoms with Crippen LogP contribution < -0.4 is 5.32 Å². The number of nitrogens with one attached hydrogen (secondary N) is 1. The second-order valence-electron chi connectivity index (χ2n) is 4.57. The van der Waals surface area contributed by atoms with Crippen LogP contribution in [0, 0.1) is 21.4 Å². The Labute approximate surface area is 113 Å². The highest BCUT2D eigenvalue weighted by Gasteiger charge is 2.24. The number of hydrogen-bond acceptors (Lipinski definition) is 4. The van der Waals surface area contributed by atoms with Crippen LogP contribution in [-0.4, -0.2) is 10.5 Å². The Bertz CT molecular complexity index is 494. The molecule has 1 aromatic carbocycles. The lowest BCUT2D eigenvalue weighted by molar-refractivity contribution is -0.385. The van der Waals surface area contributed by atoms with E-state index in [2.05, 4.69) is 26.1 Å². The van der Waals surface area contributed by atoms with E-state index in [-0.39, 0.29) is 16.8 Å². The monoisotopic (exact) mass is 261 g/mol. The summed E-state index contributed by atoms with van der Waals surface area (Å²) in [6.07, 6.45) is 2.81. The fraction of sp³-hybridized carbons (Fsp3) is 0.500. The van der Waals surface area contributed by atoms with Gasteiger partial charge in [-0.15, -0.1) is 0 Å². The fourth-order valence-electron chi connectivity index (χ4n) is 2.18. The van der Waals surface area contributed by atoms with Crippen LogP contribution in [-0.2, 0) is 0 Å². The molecule has 19 heavy (non-hydrogen) atoms.